The summed E-state index contributed by atoms with van der Waals surface area (Å²) in [5, 5.41) is 2.32. The number of carbonyl (C=O) groups is 2. The van der Waals surface area contributed by atoms with Gasteiger partial charge in [-0.05, 0) is 6.54 Å². The number of urea groups is 1. The Balaban J connectivity index is 1.83. The van der Waals surface area contributed by atoms with E-state index in [9.17, 15) is 9.59 Å². The summed E-state index contributed by atoms with van der Waals surface area (Å²) in [5.41, 5.74) is 0. The number of rotatable bonds is 3. The second kappa shape index (κ2) is 5.46. The number of amides is 3. The molecule has 3 amide bonds. The van der Waals surface area contributed by atoms with Crippen LogP contribution in [0.2, 0.25) is 0 Å². The lowest BCUT2D eigenvalue weighted by molar-refractivity contribution is -0.122. The standard InChI is InChI=1S/C11H19N3O3/c1-2-13-5-6-17-9(7-13)8-14-4-3-10(15)12-11(14)16/h9H,2-8H2,1H3,(H,12,15,16). The topological polar surface area (TPSA) is 61.9 Å². The average molecular weight is 241 g/mol. The number of hydrogen-bond acceptors (Lipinski definition) is 4. The molecule has 2 aliphatic heterocycles. The largest absolute Gasteiger partial charge is 0.374 e. The van der Waals surface area contributed by atoms with Gasteiger partial charge in [0.1, 0.15) is 0 Å². The molecule has 1 N–H and O–H groups in total. The molecule has 6 heteroatoms. The number of imide groups is 1. The molecule has 1 unspecified atom stereocenters. The van der Waals surface area contributed by atoms with E-state index in [4.69, 9.17) is 4.74 Å². The first kappa shape index (κ1) is 12.3. The van der Waals surface area contributed by atoms with Gasteiger partial charge in [0.15, 0.2) is 0 Å². The van der Waals surface area contributed by atoms with Crippen molar-refractivity contribution in [2.24, 2.45) is 0 Å². The number of hydrogen-bond donors (Lipinski definition) is 1. The fraction of sp³-hybridized carbons (Fsp3) is 0.818. The molecule has 1 atom stereocenters. The molecule has 17 heavy (non-hydrogen) atoms. The minimum Gasteiger partial charge on any atom is -0.374 e. The number of morpholine rings is 1. The minimum atomic E-state index is -0.293. The number of nitrogens with one attached hydrogen (secondary N) is 1. The highest BCUT2D eigenvalue weighted by atomic mass is 16.5. The normalized spacial score (nSPS) is 27.1. The van der Waals surface area contributed by atoms with E-state index >= 15 is 0 Å². The quantitative estimate of drug-likeness (QED) is 0.733. The van der Waals surface area contributed by atoms with Gasteiger partial charge in [-0.25, -0.2) is 4.79 Å². The predicted octanol–water partition coefficient (Wildman–Crippen LogP) is -0.351. The Kier molecular flexibility index (Phi) is 3.96. The van der Waals surface area contributed by atoms with Crippen molar-refractivity contribution in [3.8, 4) is 0 Å². The monoisotopic (exact) mass is 241 g/mol. The fourth-order valence-corrected chi connectivity index (χ4v) is 2.20. The molecule has 2 heterocycles. The molecule has 2 saturated heterocycles. The van der Waals surface area contributed by atoms with Crippen LogP contribution in [-0.4, -0.2) is 67.2 Å². The van der Waals surface area contributed by atoms with Crippen LogP contribution in [0.4, 0.5) is 4.79 Å². The number of carbonyl (C=O) groups excluding carboxylic acids is 2. The Morgan fingerprint density at radius 2 is 2.24 bits per heavy atom. The molecule has 0 aromatic carbocycles. The molecule has 2 aliphatic rings. The van der Waals surface area contributed by atoms with Gasteiger partial charge in [-0.15, -0.1) is 0 Å². The van der Waals surface area contributed by atoms with Crippen LogP contribution in [0.3, 0.4) is 0 Å². The Bertz CT molecular complexity index is 308. The van der Waals surface area contributed by atoms with Crippen molar-refractivity contribution >= 4 is 11.9 Å². The zero-order valence-electron chi connectivity index (χ0n) is 10.1. The van der Waals surface area contributed by atoms with Crippen LogP contribution in [0.1, 0.15) is 13.3 Å². The average Bonchev–Trinajstić information content (AvgIpc) is 2.33. The molecule has 96 valence electrons. The summed E-state index contributed by atoms with van der Waals surface area (Å²) in [4.78, 5) is 26.5. The lowest BCUT2D eigenvalue weighted by Gasteiger charge is -2.36. The van der Waals surface area contributed by atoms with Gasteiger partial charge in [-0.3, -0.25) is 15.0 Å². The maximum Gasteiger partial charge on any atom is 0.324 e. The summed E-state index contributed by atoms with van der Waals surface area (Å²) in [6.45, 7) is 6.71. The smallest absolute Gasteiger partial charge is 0.324 e. The molecule has 0 radical (unpaired) electrons. The molecule has 0 bridgehead atoms. The van der Waals surface area contributed by atoms with Crippen molar-refractivity contribution in [1.82, 2.24) is 15.1 Å². The van der Waals surface area contributed by atoms with Crippen LogP contribution in [0.15, 0.2) is 0 Å². The molecular weight excluding hydrogens is 222 g/mol. The lowest BCUT2D eigenvalue weighted by Crippen LogP contribution is -2.54. The van der Waals surface area contributed by atoms with Crippen LogP contribution in [-0.2, 0) is 9.53 Å². The van der Waals surface area contributed by atoms with Gasteiger partial charge in [0.05, 0.1) is 12.7 Å². The highest BCUT2D eigenvalue weighted by Crippen LogP contribution is 2.09. The first-order chi connectivity index (χ1) is 8.19. The van der Waals surface area contributed by atoms with E-state index in [2.05, 4.69) is 17.1 Å². The minimum absolute atomic E-state index is 0.0580. The summed E-state index contributed by atoms with van der Waals surface area (Å²) in [7, 11) is 0. The van der Waals surface area contributed by atoms with Gasteiger partial charge in [-0.1, -0.05) is 6.92 Å². The van der Waals surface area contributed by atoms with Gasteiger partial charge in [-0.2, -0.15) is 0 Å². The third kappa shape index (κ3) is 3.17. The highest BCUT2D eigenvalue weighted by Gasteiger charge is 2.27. The van der Waals surface area contributed by atoms with Crippen molar-refractivity contribution in [3.63, 3.8) is 0 Å². The predicted molar refractivity (Wildman–Crippen MR) is 61.6 cm³/mol. The summed E-state index contributed by atoms with van der Waals surface area (Å²) < 4.78 is 5.64. The Labute approximate surface area is 101 Å². The van der Waals surface area contributed by atoms with Crippen LogP contribution >= 0.6 is 0 Å². The molecule has 0 aromatic heterocycles. The number of likely N-dealkylation sites (N-methyl/N-ethyl adjacent to an activating group) is 1. The molecular formula is C11H19N3O3. The third-order valence-electron chi connectivity index (χ3n) is 3.24. The van der Waals surface area contributed by atoms with E-state index < -0.39 is 0 Å². The molecule has 2 rings (SSSR count). The number of nitrogens with zero attached hydrogens (tertiary/aromatic N) is 2. The van der Waals surface area contributed by atoms with Gasteiger partial charge in [0, 0.05) is 32.6 Å². The Morgan fingerprint density at radius 1 is 1.41 bits per heavy atom. The first-order valence-corrected chi connectivity index (χ1v) is 6.11. The van der Waals surface area contributed by atoms with Crippen LogP contribution in [0.25, 0.3) is 0 Å². The number of ether oxygens (including phenoxy) is 1. The highest BCUT2D eigenvalue weighted by molar-refractivity contribution is 5.96. The second-order valence-corrected chi connectivity index (χ2v) is 4.44. The van der Waals surface area contributed by atoms with Crippen molar-refractivity contribution in [1.29, 1.82) is 0 Å². The van der Waals surface area contributed by atoms with Crippen LogP contribution < -0.4 is 5.32 Å². The van der Waals surface area contributed by atoms with Crippen molar-refractivity contribution in [2.45, 2.75) is 19.4 Å². The third-order valence-corrected chi connectivity index (χ3v) is 3.24. The van der Waals surface area contributed by atoms with E-state index in [1.54, 1.807) is 4.90 Å². The summed E-state index contributed by atoms with van der Waals surface area (Å²) in [6.07, 6.45) is 0.443. The van der Waals surface area contributed by atoms with Crippen molar-refractivity contribution < 1.29 is 14.3 Å². The zero-order chi connectivity index (χ0) is 12.3. The van der Waals surface area contributed by atoms with Gasteiger partial charge >= 0.3 is 6.03 Å². The summed E-state index contributed by atoms with van der Waals surface area (Å²) in [6, 6.07) is -0.293. The molecule has 2 fully saturated rings. The van der Waals surface area contributed by atoms with E-state index in [-0.39, 0.29) is 18.0 Å². The SMILES string of the molecule is CCN1CCOC(CN2CCC(=O)NC2=O)C1. The second-order valence-electron chi connectivity index (χ2n) is 4.44. The molecule has 0 saturated carbocycles. The summed E-state index contributed by atoms with van der Waals surface area (Å²) >= 11 is 0. The van der Waals surface area contributed by atoms with Crippen molar-refractivity contribution in [2.75, 3.05) is 39.3 Å². The molecule has 0 aliphatic carbocycles. The van der Waals surface area contributed by atoms with Crippen molar-refractivity contribution in [3.05, 3.63) is 0 Å². The maximum absolute atomic E-state index is 11.6. The van der Waals surface area contributed by atoms with Gasteiger partial charge in [0.2, 0.25) is 5.91 Å². The fourth-order valence-electron chi connectivity index (χ4n) is 2.20. The van der Waals surface area contributed by atoms with E-state index in [0.29, 0.717) is 26.1 Å². The molecule has 6 nitrogen and oxygen atoms in total. The van der Waals surface area contributed by atoms with Crippen LogP contribution in [0.5, 0.6) is 0 Å². The zero-order valence-corrected chi connectivity index (χ0v) is 10.1. The maximum atomic E-state index is 11.6. The van der Waals surface area contributed by atoms with Gasteiger partial charge in [0.25, 0.3) is 0 Å². The van der Waals surface area contributed by atoms with Crippen LogP contribution in [0, 0.1) is 0 Å². The summed E-state index contributed by atoms with van der Waals surface area (Å²) in [5.74, 6) is -0.189. The molecule has 0 aromatic rings. The van der Waals surface area contributed by atoms with Gasteiger partial charge < -0.3 is 9.64 Å². The Morgan fingerprint density at radius 3 is 2.94 bits per heavy atom. The lowest BCUT2D eigenvalue weighted by atomic mass is 10.2. The van der Waals surface area contributed by atoms with E-state index in [1.165, 1.54) is 0 Å². The Hall–Kier alpha value is -1.14. The van der Waals surface area contributed by atoms with E-state index in [1.807, 2.05) is 0 Å². The van der Waals surface area contributed by atoms with E-state index in [0.717, 1.165) is 19.6 Å². The molecule has 0 spiro atoms. The first-order valence-electron chi connectivity index (χ1n) is 6.11.